The van der Waals surface area contributed by atoms with Crippen molar-refractivity contribution in [3.63, 3.8) is 0 Å². The number of fused-ring (bicyclic) bond motifs is 5. The van der Waals surface area contributed by atoms with E-state index in [0.29, 0.717) is 16.5 Å². The molecule has 3 aliphatic rings. The maximum absolute atomic E-state index is 12.7. The minimum Gasteiger partial charge on any atom is -0.495 e. The summed E-state index contributed by atoms with van der Waals surface area (Å²) in [6, 6.07) is 4.88. The van der Waals surface area contributed by atoms with E-state index in [1.165, 1.54) is 12.0 Å². The average Bonchev–Trinajstić information content (AvgIpc) is 3.13. The van der Waals surface area contributed by atoms with Crippen LogP contribution in [-0.4, -0.2) is 31.1 Å². The fourth-order valence-corrected chi connectivity index (χ4v) is 3.55. The Bertz CT molecular complexity index is 656. The normalized spacial score (nSPS) is 33.0. The van der Waals surface area contributed by atoms with Crippen LogP contribution in [0.25, 0.3) is 0 Å². The highest BCUT2D eigenvalue weighted by molar-refractivity contribution is 6.31. The van der Waals surface area contributed by atoms with Crippen LogP contribution in [0.4, 0.5) is 5.69 Å². The number of anilines is 1. The molecule has 0 aromatic heterocycles. The second-order valence-electron chi connectivity index (χ2n) is 5.33. The summed E-state index contributed by atoms with van der Waals surface area (Å²) >= 11 is 6.00. The molecule has 3 heterocycles. The van der Waals surface area contributed by atoms with Crippen molar-refractivity contribution in [3.05, 3.63) is 35.4 Å². The number of ether oxygens (including phenoxy) is 2. The van der Waals surface area contributed by atoms with Crippen molar-refractivity contribution in [1.29, 1.82) is 0 Å². The smallest absolute Gasteiger partial charge is 0.240 e. The average molecular weight is 306 g/mol. The number of benzene rings is 1. The predicted octanol–water partition coefficient (Wildman–Crippen LogP) is 1.79. The van der Waals surface area contributed by atoms with E-state index >= 15 is 0 Å². The number of hydrogen-bond acceptors (Lipinski definition) is 4. The number of halogens is 1. The summed E-state index contributed by atoms with van der Waals surface area (Å²) in [5.74, 6) is -0.917. The molecule has 2 fully saturated rings. The van der Waals surface area contributed by atoms with Gasteiger partial charge in [-0.3, -0.25) is 9.59 Å². The van der Waals surface area contributed by atoms with Crippen LogP contribution in [0.3, 0.4) is 0 Å². The molecule has 4 atom stereocenters. The molecule has 0 spiro atoms. The molecule has 4 rings (SSSR count). The summed E-state index contributed by atoms with van der Waals surface area (Å²) < 4.78 is 10.9. The van der Waals surface area contributed by atoms with Gasteiger partial charge in [0.15, 0.2) is 0 Å². The number of carbonyl (C=O) groups is 2. The van der Waals surface area contributed by atoms with Crippen molar-refractivity contribution in [1.82, 2.24) is 0 Å². The van der Waals surface area contributed by atoms with Crippen LogP contribution in [0, 0.1) is 11.8 Å². The van der Waals surface area contributed by atoms with Crippen LogP contribution in [0.15, 0.2) is 30.4 Å². The van der Waals surface area contributed by atoms with E-state index in [9.17, 15) is 9.59 Å². The maximum atomic E-state index is 12.7. The minimum atomic E-state index is -0.434. The molecule has 1 aromatic carbocycles. The lowest BCUT2D eigenvalue weighted by Crippen LogP contribution is -2.34. The number of methoxy groups -OCH3 is 1. The largest absolute Gasteiger partial charge is 0.495 e. The first-order valence-corrected chi connectivity index (χ1v) is 7.05. The molecule has 21 heavy (non-hydrogen) atoms. The number of nitrogens with zero attached hydrogens (tertiary/aromatic N) is 1. The number of carbonyl (C=O) groups excluding carboxylic acids is 2. The van der Waals surface area contributed by atoms with Gasteiger partial charge in [0.1, 0.15) is 5.75 Å². The van der Waals surface area contributed by atoms with Crippen molar-refractivity contribution >= 4 is 29.1 Å². The SMILES string of the molecule is COc1ccc(Cl)cc1N1C(=O)[C@H]2[C@H](C1=O)[C@H]1C=C[C@H]2O1. The van der Waals surface area contributed by atoms with Crippen molar-refractivity contribution in [2.75, 3.05) is 12.0 Å². The van der Waals surface area contributed by atoms with Crippen molar-refractivity contribution in [2.45, 2.75) is 12.2 Å². The van der Waals surface area contributed by atoms with E-state index in [-0.39, 0.29) is 24.0 Å². The van der Waals surface area contributed by atoms with Gasteiger partial charge in [-0.25, -0.2) is 4.90 Å². The molecule has 2 amide bonds. The number of rotatable bonds is 2. The summed E-state index contributed by atoms with van der Waals surface area (Å²) in [5, 5.41) is 0.445. The second-order valence-corrected chi connectivity index (χ2v) is 5.77. The zero-order valence-corrected chi connectivity index (χ0v) is 11.9. The maximum Gasteiger partial charge on any atom is 0.240 e. The third-order valence-corrected chi connectivity index (χ3v) is 4.53. The van der Waals surface area contributed by atoms with E-state index in [0.717, 1.165) is 0 Å². The molecule has 0 N–H and O–H groups in total. The van der Waals surface area contributed by atoms with E-state index in [1.54, 1.807) is 18.2 Å². The van der Waals surface area contributed by atoms with Crippen molar-refractivity contribution < 1.29 is 19.1 Å². The van der Waals surface area contributed by atoms with Crippen LogP contribution >= 0.6 is 11.6 Å². The highest BCUT2D eigenvalue weighted by Crippen LogP contribution is 2.47. The van der Waals surface area contributed by atoms with Gasteiger partial charge in [0, 0.05) is 5.02 Å². The van der Waals surface area contributed by atoms with Crippen LogP contribution in [0.1, 0.15) is 0 Å². The summed E-state index contributed by atoms with van der Waals surface area (Å²) in [5.41, 5.74) is 0.397. The molecule has 0 unspecified atom stereocenters. The molecule has 0 aliphatic carbocycles. The lowest BCUT2D eigenvalue weighted by molar-refractivity contribution is -0.124. The third kappa shape index (κ3) is 1.61. The minimum absolute atomic E-state index is 0.248. The van der Waals surface area contributed by atoms with Gasteiger partial charge in [-0.15, -0.1) is 0 Å². The molecule has 0 radical (unpaired) electrons. The Morgan fingerprint density at radius 3 is 2.33 bits per heavy atom. The Morgan fingerprint density at radius 1 is 1.14 bits per heavy atom. The molecular formula is C15H12ClNO4. The first-order chi connectivity index (χ1) is 10.1. The molecule has 1 aromatic rings. The summed E-state index contributed by atoms with van der Waals surface area (Å²) in [6.45, 7) is 0. The topological polar surface area (TPSA) is 55.8 Å². The highest BCUT2D eigenvalue weighted by Gasteiger charge is 2.61. The highest BCUT2D eigenvalue weighted by atomic mass is 35.5. The van der Waals surface area contributed by atoms with Gasteiger partial charge in [0.25, 0.3) is 0 Å². The van der Waals surface area contributed by atoms with E-state index in [4.69, 9.17) is 21.1 Å². The van der Waals surface area contributed by atoms with Gasteiger partial charge in [0.05, 0.1) is 36.8 Å². The number of amides is 2. The first-order valence-electron chi connectivity index (χ1n) is 6.67. The summed E-state index contributed by atoms with van der Waals surface area (Å²) in [7, 11) is 1.49. The Labute approximate surface area is 126 Å². The molecule has 108 valence electrons. The molecule has 3 aliphatic heterocycles. The first kappa shape index (κ1) is 12.9. The molecule has 6 heteroatoms. The molecule has 5 nitrogen and oxygen atoms in total. The van der Waals surface area contributed by atoms with Gasteiger partial charge in [-0.05, 0) is 18.2 Å². The summed E-state index contributed by atoms with van der Waals surface area (Å²) in [6.07, 6.45) is 3.11. The zero-order valence-electron chi connectivity index (χ0n) is 11.2. The summed E-state index contributed by atoms with van der Waals surface area (Å²) in [4.78, 5) is 26.5. The van der Waals surface area contributed by atoms with Crippen molar-refractivity contribution in [3.8, 4) is 5.75 Å². The predicted molar refractivity (Wildman–Crippen MR) is 75.3 cm³/mol. The fourth-order valence-electron chi connectivity index (χ4n) is 3.38. The molecule has 0 saturated carbocycles. The Hall–Kier alpha value is -1.85. The Kier molecular flexibility index (Phi) is 2.65. The third-order valence-electron chi connectivity index (χ3n) is 4.29. The van der Waals surface area contributed by atoms with Gasteiger partial charge < -0.3 is 9.47 Å². The number of hydrogen-bond donors (Lipinski definition) is 0. The Balaban J connectivity index is 1.79. The van der Waals surface area contributed by atoms with E-state index in [2.05, 4.69) is 0 Å². The lowest BCUT2D eigenvalue weighted by Gasteiger charge is -2.20. The standard InChI is InChI=1S/C15H12ClNO4/c1-20-9-3-2-7(16)6-8(9)17-14(18)12-10-4-5-11(21-10)13(12)15(17)19/h2-6,10-13H,1H3/t10-,11-,12-,13-/m1/s1. The van der Waals surface area contributed by atoms with Gasteiger partial charge in [-0.1, -0.05) is 23.8 Å². The molecule has 2 bridgehead atoms. The Morgan fingerprint density at radius 2 is 1.76 bits per heavy atom. The van der Waals surface area contributed by atoms with Crippen LogP contribution in [0.2, 0.25) is 5.02 Å². The second kappa shape index (κ2) is 4.32. The van der Waals surface area contributed by atoms with Crippen LogP contribution in [0.5, 0.6) is 5.75 Å². The lowest BCUT2D eigenvalue weighted by atomic mass is 9.85. The number of imide groups is 1. The monoisotopic (exact) mass is 305 g/mol. The molecule has 2 saturated heterocycles. The quantitative estimate of drug-likeness (QED) is 0.617. The molecular weight excluding hydrogens is 294 g/mol. The fraction of sp³-hybridized carbons (Fsp3) is 0.333. The van der Waals surface area contributed by atoms with Gasteiger partial charge in [-0.2, -0.15) is 0 Å². The van der Waals surface area contributed by atoms with Crippen LogP contribution < -0.4 is 9.64 Å². The van der Waals surface area contributed by atoms with Gasteiger partial charge in [0.2, 0.25) is 11.8 Å². The van der Waals surface area contributed by atoms with Crippen molar-refractivity contribution in [2.24, 2.45) is 11.8 Å². The van der Waals surface area contributed by atoms with Gasteiger partial charge >= 0.3 is 0 Å². The van der Waals surface area contributed by atoms with E-state index in [1.807, 2.05) is 12.2 Å². The van der Waals surface area contributed by atoms with E-state index < -0.39 is 11.8 Å². The van der Waals surface area contributed by atoms with Crippen LogP contribution in [-0.2, 0) is 14.3 Å². The zero-order chi connectivity index (χ0) is 14.7.